The Morgan fingerprint density at radius 3 is 2.27 bits per heavy atom. The van der Waals surface area contributed by atoms with Gasteiger partial charge in [-0.15, -0.1) is 0 Å². The number of hydrogen-bond donors (Lipinski definition) is 2. The number of ether oxygens (including phenoxy) is 2. The lowest BCUT2D eigenvalue weighted by Crippen LogP contribution is -2.45. The van der Waals surface area contributed by atoms with E-state index in [4.69, 9.17) is 4.74 Å². The lowest BCUT2D eigenvalue weighted by atomic mass is 10.2. The van der Waals surface area contributed by atoms with Crippen molar-refractivity contribution in [2.24, 2.45) is 0 Å². The first kappa shape index (κ1) is 14.1. The van der Waals surface area contributed by atoms with Crippen molar-refractivity contribution in [3.8, 4) is 0 Å². The lowest BCUT2D eigenvalue weighted by molar-refractivity contribution is -0.142. The molecule has 88 valence electrons. The third-order valence-corrected chi connectivity index (χ3v) is 1.72. The Hall–Kier alpha value is -0.910. The molecule has 0 aromatic heterocycles. The van der Waals surface area contributed by atoms with Crippen LogP contribution in [0.3, 0.4) is 0 Å². The zero-order valence-corrected chi connectivity index (χ0v) is 10.3. The van der Waals surface area contributed by atoms with Crippen LogP contribution in [-0.4, -0.2) is 36.6 Å². The maximum Gasteiger partial charge on any atom is 0.408 e. The molecule has 0 spiro atoms. The number of alkyl carbamates (subject to hydrolysis) is 1. The average molecular weight is 235 g/mol. The second-order valence-electron chi connectivity index (χ2n) is 3.90. The highest BCUT2D eigenvalue weighted by atomic mass is 32.1. The Balaban J connectivity index is 4.20. The summed E-state index contributed by atoms with van der Waals surface area (Å²) in [6, 6.07) is -0.784. The molecule has 1 atom stereocenters. The van der Waals surface area contributed by atoms with E-state index in [0.717, 1.165) is 0 Å². The smallest absolute Gasteiger partial charge is 0.408 e. The van der Waals surface area contributed by atoms with E-state index in [-0.39, 0.29) is 5.75 Å². The van der Waals surface area contributed by atoms with Gasteiger partial charge in [0.25, 0.3) is 0 Å². The number of thiol groups is 1. The van der Waals surface area contributed by atoms with Gasteiger partial charge in [0.2, 0.25) is 0 Å². The maximum absolute atomic E-state index is 11.3. The molecule has 0 aromatic carbocycles. The first-order valence-corrected chi connectivity index (χ1v) is 5.11. The fraction of sp³-hybridized carbons (Fsp3) is 0.778. The zero-order chi connectivity index (χ0) is 12.1. The van der Waals surface area contributed by atoms with Crippen LogP contribution >= 0.6 is 12.6 Å². The van der Waals surface area contributed by atoms with Crippen LogP contribution in [0.15, 0.2) is 0 Å². The van der Waals surface area contributed by atoms with Gasteiger partial charge in [0.15, 0.2) is 0 Å². The van der Waals surface area contributed by atoms with E-state index in [2.05, 4.69) is 22.7 Å². The van der Waals surface area contributed by atoms with Gasteiger partial charge in [-0.1, -0.05) is 0 Å². The summed E-state index contributed by atoms with van der Waals surface area (Å²) in [5.74, 6) is -0.387. The van der Waals surface area contributed by atoms with Crippen molar-refractivity contribution in [3.05, 3.63) is 0 Å². The summed E-state index contributed by atoms with van der Waals surface area (Å²) in [4.78, 5) is 22.4. The summed E-state index contributed by atoms with van der Waals surface area (Å²) < 4.78 is 9.45. The Morgan fingerprint density at radius 1 is 1.40 bits per heavy atom. The van der Waals surface area contributed by atoms with Crippen molar-refractivity contribution in [1.29, 1.82) is 0 Å². The van der Waals surface area contributed by atoms with Gasteiger partial charge in [0, 0.05) is 5.75 Å². The normalized spacial score (nSPS) is 12.9. The summed E-state index contributed by atoms with van der Waals surface area (Å²) in [6.07, 6.45) is -0.660. The SMILES string of the molecule is COC(=O)C(CS)NC(=O)OC(C)(C)C. The van der Waals surface area contributed by atoms with Crippen molar-refractivity contribution in [3.63, 3.8) is 0 Å². The second-order valence-corrected chi connectivity index (χ2v) is 4.27. The predicted octanol–water partition coefficient (Wildman–Crippen LogP) is 0.983. The summed E-state index contributed by atoms with van der Waals surface area (Å²) in [5.41, 5.74) is -0.596. The summed E-state index contributed by atoms with van der Waals surface area (Å²) >= 11 is 3.92. The van der Waals surface area contributed by atoms with Crippen LogP contribution in [-0.2, 0) is 14.3 Å². The van der Waals surface area contributed by atoms with E-state index < -0.39 is 23.7 Å². The molecule has 0 fully saturated rings. The quantitative estimate of drug-likeness (QED) is 0.565. The Morgan fingerprint density at radius 2 is 1.93 bits per heavy atom. The molecule has 0 aliphatic rings. The number of esters is 1. The van der Waals surface area contributed by atoms with Crippen molar-refractivity contribution in [1.82, 2.24) is 5.32 Å². The standard InChI is InChI=1S/C9H17NO4S/c1-9(2,3)14-8(12)10-6(5-15)7(11)13-4/h6,15H,5H2,1-4H3,(H,10,12). The highest BCUT2D eigenvalue weighted by Gasteiger charge is 2.23. The van der Waals surface area contributed by atoms with Gasteiger partial charge in [-0.05, 0) is 20.8 Å². The van der Waals surface area contributed by atoms with Gasteiger partial charge in [0.1, 0.15) is 11.6 Å². The predicted molar refractivity (Wildman–Crippen MR) is 59.0 cm³/mol. The van der Waals surface area contributed by atoms with E-state index in [9.17, 15) is 9.59 Å². The minimum Gasteiger partial charge on any atom is -0.467 e. The van der Waals surface area contributed by atoms with E-state index in [0.29, 0.717) is 0 Å². The third-order valence-electron chi connectivity index (χ3n) is 1.36. The molecule has 0 aromatic rings. The molecule has 0 heterocycles. The molecular formula is C9H17NO4S. The largest absolute Gasteiger partial charge is 0.467 e. The molecule has 0 aliphatic heterocycles. The van der Waals surface area contributed by atoms with Crippen molar-refractivity contribution < 1.29 is 19.1 Å². The minimum absolute atomic E-state index is 0.159. The molecule has 5 nitrogen and oxygen atoms in total. The summed E-state index contributed by atoms with van der Waals surface area (Å²) in [6.45, 7) is 5.21. The average Bonchev–Trinajstić information content (AvgIpc) is 2.10. The maximum atomic E-state index is 11.3. The number of hydrogen-bond acceptors (Lipinski definition) is 5. The molecule has 0 bridgehead atoms. The van der Waals surface area contributed by atoms with Gasteiger partial charge in [0.05, 0.1) is 7.11 Å². The number of nitrogens with one attached hydrogen (secondary N) is 1. The fourth-order valence-corrected chi connectivity index (χ4v) is 1.01. The molecule has 1 N–H and O–H groups in total. The molecule has 0 rings (SSSR count). The Labute approximate surface area is 94.9 Å². The van der Waals surface area contributed by atoms with E-state index in [1.54, 1.807) is 20.8 Å². The van der Waals surface area contributed by atoms with Crippen LogP contribution in [0.5, 0.6) is 0 Å². The topological polar surface area (TPSA) is 64.6 Å². The molecule has 6 heteroatoms. The third kappa shape index (κ3) is 6.22. The van der Waals surface area contributed by atoms with E-state index in [1.807, 2.05) is 0 Å². The molecule has 15 heavy (non-hydrogen) atoms. The molecule has 1 unspecified atom stereocenters. The Bertz CT molecular complexity index is 237. The van der Waals surface area contributed by atoms with Crippen LogP contribution in [0.2, 0.25) is 0 Å². The molecule has 0 saturated heterocycles. The first-order valence-electron chi connectivity index (χ1n) is 4.48. The second kappa shape index (κ2) is 5.85. The molecule has 0 radical (unpaired) electrons. The number of methoxy groups -OCH3 is 1. The van der Waals surface area contributed by atoms with Gasteiger partial charge < -0.3 is 14.8 Å². The summed E-state index contributed by atoms with van der Waals surface area (Å²) in [5, 5.41) is 2.36. The molecule has 1 amide bonds. The minimum atomic E-state index is -0.784. The van der Waals surface area contributed by atoms with Crippen LogP contribution in [0.25, 0.3) is 0 Å². The van der Waals surface area contributed by atoms with Crippen molar-refractivity contribution >= 4 is 24.7 Å². The molecular weight excluding hydrogens is 218 g/mol. The van der Waals surface area contributed by atoms with Crippen LogP contribution in [0, 0.1) is 0 Å². The highest BCUT2D eigenvalue weighted by molar-refractivity contribution is 7.80. The fourth-order valence-electron chi connectivity index (χ4n) is 0.771. The van der Waals surface area contributed by atoms with Gasteiger partial charge in [-0.3, -0.25) is 0 Å². The van der Waals surface area contributed by atoms with Crippen LogP contribution < -0.4 is 5.32 Å². The van der Waals surface area contributed by atoms with Crippen LogP contribution in [0.4, 0.5) is 4.79 Å². The summed E-state index contributed by atoms with van der Waals surface area (Å²) in [7, 11) is 1.25. The number of amides is 1. The monoisotopic (exact) mass is 235 g/mol. The number of carbonyl (C=O) groups is 2. The lowest BCUT2D eigenvalue weighted by Gasteiger charge is -2.21. The van der Waals surface area contributed by atoms with E-state index >= 15 is 0 Å². The Kier molecular flexibility index (Phi) is 5.49. The van der Waals surface area contributed by atoms with Gasteiger partial charge in [-0.2, -0.15) is 12.6 Å². The van der Waals surface area contributed by atoms with Gasteiger partial charge in [-0.25, -0.2) is 9.59 Å². The highest BCUT2D eigenvalue weighted by Crippen LogP contribution is 2.07. The van der Waals surface area contributed by atoms with Crippen molar-refractivity contribution in [2.75, 3.05) is 12.9 Å². The zero-order valence-electron chi connectivity index (χ0n) is 9.36. The van der Waals surface area contributed by atoms with Crippen molar-refractivity contribution in [2.45, 2.75) is 32.4 Å². The van der Waals surface area contributed by atoms with Crippen LogP contribution in [0.1, 0.15) is 20.8 Å². The first-order chi connectivity index (χ1) is 6.80. The molecule has 0 aliphatic carbocycles. The van der Waals surface area contributed by atoms with Gasteiger partial charge >= 0.3 is 12.1 Å². The van der Waals surface area contributed by atoms with E-state index in [1.165, 1.54) is 7.11 Å². The molecule has 0 saturated carbocycles. The number of rotatable bonds is 3. The number of carbonyl (C=O) groups excluding carboxylic acids is 2.